The van der Waals surface area contributed by atoms with E-state index in [1.807, 2.05) is 54.6 Å². The van der Waals surface area contributed by atoms with Gasteiger partial charge in [-0.1, -0.05) is 42.5 Å². The topological polar surface area (TPSA) is 58.2 Å². The smallest absolute Gasteiger partial charge is 0.251 e. The van der Waals surface area contributed by atoms with Gasteiger partial charge < -0.3 is 10.6 Å². The van der Waals surface area contributed by atoms with Crippen LogP contribution in [-0.4, -0.2) is 24.4 Å². The minimum atomic E-state index is -0.142. The fourth-order valence-corrected chi connectivity index (χ4v) is 2.42. The number of carbonyl (C=O) groups is 2. The van der Waals surface area contributed by atoms with Crippen molar-refractivity contribution in [3.05, 3.63) is 60.2 Å². The van der Waals surface area contributed by atoms with Crippen molar-refractivity contribution in [1.82, 2.24) is 10.6 Å². The molecule has 1 saturated heterocycles. The molecule has 1 heterocycles. The first-order chi connectivity index (χ1) is 10.2. The fraction of sp³-hybridized carbons (Fsp3) is 0.176. The van der Waals surface area contributed by atoms with E-state index in [1.54, 1.807) is 0 Å². The summed E-state index contributed by atoms with van der Waals surface area (Å²) >= 11 is 0. The molecular weight excluding hydrogens is 264 g/mol. The van der Waals surface area contributed by atoms with E-state index in [0.29, 0.717) is 18.5 Å². The Hall–Kier alpha value is -2.62. The third-order valence-corrected chi connectivity index (χ3v) is 3.57. The minimum Gasteiger partial charge on any atom is -0.354 e. The number of rotatable bonds is 3. The van der Waals surface area contributed by atoms with Crippen LogP contribution in [0.5, 0.6) is 0 Å². The number of nitrogens with one attached hydrogen (secondary N) is 2. The van der Waals surface area contributed by atoms with Crippen molar-refractivity contribution in [3.63, 3.8) is 0 Å². The van der Waals surface area contributed by atoms with Gasteiger partial charge >= 0.3 is 0 Å². The molecule has 0 radical (unpaired) electrons. The monoisotopic (exact) mass is 280 g/mol. The molecule has 0 aromatic heterocycles. The fourth-order valence-electron chi connectivity index (χ4n) is 2.42. The molecule has 0 saturated carbocycles. The summed E-state index contributed by atoms with van der Waals surface area (Å²) in [5.74, 6) is -0.157. The van der Waals surface area contributed by atoms with Crippen molar-refractivity contribution in [2.24, 2.45) is 0 Å². The Bertz CT molecular complexity index is 650. The van der Waals surface area contributed by atoms with E-state index in [9.17, 15) is 9.59 Å². The molecule has 1 aliphatic rings. The van der Waals surface area contributed by atoms with Gasteiger partial charge in [-0.3, -0.25) is 9.59 Å². The van der Waals surface area contributed by atoms with Crippen molar-refractivity contribution in [2.45, 2.75) is 12.5 Å². The van der Waals surface area contributed by atoms with Gasteiger partial charge in [-0.05, 0) is 23.3 Å². The predicted molar refractivity (Wildman–Crippen MR) is 80.8 cm³/mol. The predicted octanol–water partition coefficient (Wildman–Crippen LogP) is 1.97. The van der Waals surface area contributed by atoms with Crippen molar-refractivity contribution in [3.8, 4) is 11.1 Å². The van der Waals surface area contributed by atoms with Crippen LogP contribution in [0, 0.1) is 0 Å². The van der Waals surface area contributed by atoms with E-state index in [2.05, 4.69) is 10.6 Å². The molecule has 0 unspecified atom stereocenters. The van der Waals surface area contributed by atoms with Gasteiger partial charge in [0.25, 0.3) is 5.91 Å². The van der Waals surface area contributed by atoms with Crippen molar-refractivity contribution >= 4 is 11.8 Å². The molecule has 106 valence electrons. The molecule has 0 bridgehead atoms. The highest BCUT2D eigenvalue weighted by Crippen LogP contribution is 2.19. The molecule has 4 nitrogen and oxygen atoms in total. The van der Waals surface area contributed by atoms with Crippen LogP contribution in [0.15, 0.2) is 54.6 Å². The summed E-state index contributed by atoms with van der Waals surface area (Å²) in [6.07, 6.45) is 0.355. The van der Waals surface area contributed by atoms with Crippen LogP contribution in [0.3, 0.4) is 0 Å². The van der Waals surface area contributed by atoms with E-state index in [4.69, 9.17) is 0 Å². The molecule has 1 atom stereocenters. The van der Waals surface area contributed by atoms with Gasteiger partial charge in [0.2, 0.25) is 5.91 Å². The zero-order valence-corrected chi connectivity index (χ0v) is 11.5. The van der Waals surface area contributed by atoms with Gasteiger partial charge in [0.15, 0.2) is 0 Å². The van der Waals surface area contributed by atoms with E-state index in [-0.39, 0.29) is 17.9 Å². The van der Waals surface area contributed by atoms with Crippen LogP contribution in [0.2, 0.25) is 0 Å². The number of benzene rings is 2. The second-order valence-electron chi connectivity index (χ2n) is 5.12. The second kappa shape index (κ2) is 5.79. The summed E-state index contributed by atoms with van der Waals surface area (Å²) in [6.45, 7) is 0.507. The maximum Gasteiger partial charge on any atom is 0.251 e. The second-order valence-corrected chi connectivity index (χ2v) is 5.12. The number of hydrogen-bond donors (Lipinski definition) is 2. The Kier molecular flexibility index (Phi) is 3.69. The Morgan fingerprint density at radius 1 is 1.00 bits per heavy atom. The average molecular weight is 280 g/mol. The third kappa shape index (κ3) is 3.11. The largest absolute Gasteiger partial charge is 0.354 e. The normalized spacial score (nSPS) is 17.3. The maximum absolute atomic E-state index is 12.1. The summed E-state index contributed by atoms with van der Waals surface area (Å²) in [4.78, 5) is 23.2. The first-order valence-corrected chi connectivity index (χ1v) is 6.95. The lowest BCUT2D eigenvalue weighted by Crippen LogP contribution is -2.36. The van der Waals surface area contributed by atoms with Gasteiger partial charge in [0.1, 0.15) is 0 Å². The molecule has 4 heteroatoms. The van der Waals surface area contributed by atoms with Crippen LogP contribution in [0.25, 0.3) is 11.1 Å². The summed E-state index contributed by atoms with van der Waals surface area (Å²) in [5.41, 5.74) is 2.80. The molecule has 0 aliphatic carbocycles. The van der Waals surface area contributed by atoms with Gasteiger partial charge in [0.05, 0.1) is 6.04 Å². The van der Waals surface area contributed by atoms with E-state index in [0.717, 1.165) is 11.1 Å². The average Bonchev–Trinajstić information content (AvgIpc) is 2.93. The quantitative estimate of drug-likeness (QED) is 0.903. The van der Waals surface area contributed by atoms with Crippen LogP contribution in [-0.2, 0) is 4.79 Å². The van der Waals surface area contributed by atoms with E-state index in [1.165, 1.54) is 0 Å². The summed E-state index contributed by atoms with van der Waals surface area (Å²) < 4.78 is 0. The Morgan fingerprint density at radius 3 is 2.29 bits per heavy atom. The van der Waals surface area contributed by atoms with E-state index < -0.39 is 0 Å². The minimum absolute atomic E-state index is 0.0141. The summed E-state index contributed by atoms with van der Waals surface area (Å²) in [6, 6.07) is 17.4. The van der Waals surface area contributed by atoms with Gasteiger partial charge in [0, 0.05) is 18.5 Å². The molecule has 3 rings (SSSR count). The molecule has 2 N–H and O–H groups in total. The van der Waals surface area contributed by atoms with Gasteiger partial charge in [-0.2, -0.15) is 0 Å². The first-order valence-electron chi connectivity index (χ1n) is 6.95. The molecule has 21 heavy (non-hydrogen) atoms. The molecule has 2 aromatic rings. The molecule has 1 aliphatic heterocycles. The van der Waals surface area contributed by atoms with Crippen LogP contribution in [0.4, 0.5) is 0 Å². The molecule has 2 aromatic carbocycles. The Labute approximate surface area is 123 Å². The highest BCUT2D eigenvalue weighted by atomic mass is 16.2. The Morgan fingerprint density at radius 2 is 1.67 bits per heavy atom. The van der Waals surface area contributed by atoms with E-state index >= 15 is 0 Å². The van der Waals surface area contributed by atoms with Crippen molar-refractivity contribution in [2.75, 3.05) is 6.54 Å². The highest BCUT2D eigenvalue weighted by Gasteiger charge is 2.23. The Balaban J connectivity index is 1.69. The standard InChI is InChI=1S/C17H16N2O2/c20-16-10-15(11-18-16)19-17(21)14-8-6-13(7-9-14)12-4-2-1-3-5-12/h1-9,15H,10-11H2,(H,18,20)(H,19,21)/t15-/m1/s1. The van der Waals surface area contributed by atoms with Gasteiger partial charge in [-0.15, -0.1) is 0 Å². The number of hydrogen-bond acceptors (Lipinski definition) is 2. The SMILES string of the molecule is O=C1C[C@@H](NC(=O)c2ccc(-c3ccccc3)cc2)CN1. The molecule has 1 fully saturated rings. The van der Waals surface area contributed by atoms with Crippen LogP contribution in [0.1, 0.15) is 16.8 Å². The lowest BCUT2D eigenvalue weighted by molar-refractivity contribution is -0.119. The number of carbonyl (C=O) groups excluding carboxylic acids is 2. The first kappa shape index (κ1) is 13.4. The van der Waals surface area contributed by atoms with Crippen molar-refractivity contribution < 1.29 is 9.59 Å². The van der Waals surface area contributed by atoms with Crippen LogP contribution < -0.4 is 10.6 Å². The van der Waals surface area contributed by atoms with Crippen molar-refractivity contribution in [1.29, 1.82) is 0 Å². The number of amides is 2. The zero-order chi connectivity index (χ0) is 14.7. The third-order valence-electron chi connectivity index (χ3n) is 3.57. The molecule has 0 spiro atoms. The van der Waals surface area contributed by atoms with Crippen LogP contribution >= 0.6 is 0 Å². The summed E-state index contributed by atoms with van der Waals surface area (Å²) in [5, 5.41) is 5.57. The highest BCUT2D eigenvalue weighted by molar-refractivity contribution is 5.95. The van der Waals surface area contributed by atoms with Gasteiger partial charge in [-0.25, -0.2) is 0 Å². The summed E-state index contributed by atoms with van der Waals surface area (Å²) in [7, 11) is 0. The molecule has 2 amide bonds. The maximum atomic E-state index is 12.1. The lowest BCUT2D eigenvalue weighted by Gasteiger charge is -2.10. The molecular formula is C17H16N2O2. The zero-order valence-electron chi connectivity index (χ0n) is 11.5. The lowest BCUT2D eigenvalue weighted by atomic mass is 10.0.